The molecule has 5 atom stereocenters. The van der Waals surface area contributed by atoms with Crippen molar-refractivity contribution in [2.45, 2.75) is 111 Å². The number of aromatic nitrogens is 6. The number of aliphatic hydroxyl groups excluding tert-OH is 1. The minimum atomic E-state index is -3.26. The van der Waals surface area contributed by atoms with Gasteiger partial charge in [0.15, 0.2) is 33.1 Å². The van der Waals surface area contributed by atoms with Crippen LogP contribution in [0.5, 0.6) is 0 Å². The van der Waals surface area contributed by atoms with Crippen molar-refractivity contribution in [3.63, 3.8) is 0 Å². The summed E-state index contributed by atoms with van der Waals surface area (Å²) in [7, 11) is -3.26. The van der Waals surface area contributed by atoms with Crippen LogP contribution in [0, 0.1) is 34.1 Å². The standard InChI is InChI=1S/C30H39F3N6O2.C29H37F3N6O3S/c1-30(2,3)26(38(15-13-22(34)17-31)29(41)37-14-7-10-23(37)19-40)28-35-27(24-16-21(32)11-12-25(24)33)36-39(28)18-20-8-5-4-6-9-20;1-29(2,3)25(37(12-11-22(33)18-30)28(39)36-13-15-42(40,41)16-14-36)27-34-26(23-17-21(31)9-10-24(23)32)35-38(27)19-20-7-5-4-6-8-20/h4-6,8-9,11-12,16,22-23,26,40H,7,10,13-15,17-19,34H2,1-3H3;4-10,17,22,25H,11-16,18-19,33H2,1-3H3/t22?,23-,26+;22?,25-/m10/s1. The van der Waals surface area contributed by atoms with Crippen molar-refractivity contribution in [3.05, 3.63) is 143 Å². The molecule has 4 amide bonds. The SMILES string of the molecule is CC(C)(C)[C@H](c1nc(-c2cc(F)ccc2F)nn1Cc1ccccc1)N(CCC(N)CF)C(=O)N1CCC[C@@H]1CO.CC(C)(C)[C@H](c1nc(-c2cc(F)ccc2F)nn1Cc1ccccc1)N(CCC(N)CF)C(=O)N1CCS(=O)(=O)CC1. The molecule has 2 aromatic heterocycles. The Labute approximate surface area is 481 Å². The zero-order valence-electron chi connectivity index (χ0n) is 47.8. The topological polar surface area (TPSA) is 215 Å². The van der Waals surface area contributed by atoms with Crippen LogP contribution in [0.4, 0.5) is 35.9 Å². The van der Waals surface area contributed by atoms with Crippen molar-refractivity contribution >= 4 is 21.9 Å². The first-order valence-corrected chi connectivity index (χ1v) is 29.6. The van der Waals surface area contributed by atoms with E-state index in [1.54, 1.807) is 19.2 Å². The van der Waals surface area contributed by atoms with E-state index in [-0.39, 0.29) is 105 Å². The Morgan fingerprint density at radius 3 is 1.47 bits per heavy atom. The minimum Gasteiger partial charge on any atom is -0.394 e. The summed E-state index contributed by atoms with van der Waals surface area (Å²) >= 11 is 0. The van der Waals surface area contributed by atoms with Crippen LogP contribution in [0.25, 0.3) is 22.8 Å². The Bertz CT molecular complexity index is 3220. The number of urea groups is 2. The molecular weight excluding hydrogens is 1100 g/mol. The monoisotopic (exact) mass is 1180 g/mol. The largest absolute Gasteiger partial charge is 0.394 e. The van der Waals surface area contributed by atoms with Crippen molar-refractivity contribution in [1.29, 1.82) is 0 Å². The fourth-order valence-corrected chi connectivity index (χ4v) is 11.6. The number of aliphatic hydroxyl groups is 1. The summed E-state index contributed by atoms with van der Waals surface area (Å²) in [6.07, 6.45) is 1.76. The molecular formula is C59H76F6N12O5S. The fourth-order valence-electron chi connectivity index (χ4n) is 10.4. The van der Waals surface area contributed by atoms with Gasteiger partial charge in [-0.15, -0.1) is 0 Å². The lowest BCUT2D eigenvalue weighted by molar-refractivity contribution is 0.0704. The third kappa shape index (κ3) is 16.3. The van der Waals surface area contributed by atoms with E-state index in [2.05, 4.69) is 10.2 Å². The highest BCUT2D eigenvalue weighted by molar-refractivity contribution is 7.91. The predicted octanol–water partition coefficient (Wildman–Crippen LogP) is 9.12. The van der Waals surface area contributed by atoms with Gasteiger partial charge in [0.1, 0.15) is 36.6 Å². The van der Waals surface area contributed by atoms with Crippen molar-refractivity contribution in [2.24, 2.45) is 22.3 Å². The molecule has 17 nitrogen and oxygen atoms in total. The van der Waals surface area contributed by atoms with Gasteiger partial charge in [0.05, 0.1) is 60.5 Å². The van der Waals surface area contributed by atoms with E-state index in [9.17, 15) is 49.5 Å². The molecule has 0 saturated carbocycles. The first-order chi connectivity index (χ1) is 39.3. The number of halogens is 6. The molecule has 2 saturated heterocycles. The van der Waals surface area contributed by atoms with Crippen LogP contribution in [0.1, 0.15) is 102 Å². The number of amides is 4. The van der Waals surface area contributed by atoms with Gasteiger partial charge in [-0.3, -0.25) is 0 Å². The molecule has 2 aliphatic heterocycles. The summed E-state index contributed by atoms with van der Waals surface area (Å²) in [6.45, 7) is 11.0. The van der Waals surface area contributed by atoms with Gasteiger partial charge in [0.2, 0.25) is 0 Å². The first kappa shape index (κ1) is 63.7. The smallest absolute Gasteiger partial charge is 0.320 e. The second-order valence-corrected chi connectivity index (χ2v) is 25.6. The normalized spacial score (nSPS) is 16.9. The summed E-state index contributed by atoms with van der Waals surface area (Å²) < 4.78 is 112. The number of benzene rings is 4. The van der Waals surface area contributed by atoms with Gasteiger partial charge in [0, 0.05) is 44.8 Å². The Morgan fingerprint density at radius 2 is 1.07 bits per heavy atom. The molecule has 0 spiro atoms. The molecule has 2 unspecified atom stereocenters. The van der Waals surface area contributed by atoms with Gasteiger partial charge in [-0.25, -0.2) is 63.7 Å². The van der Waals surface area contributed by atoms with Gasteiger partial charge in [-0.1, -0.05) is 102 Å². The number of hydrogen-bond acceptors (Lipinski definition) is 11. The zero-order chi connectivity index (χ0) is 60.4. The van der Waals surface area contributed by atoms with E-state index in [1.165, 1.54) is 9.80 Å². The second-order valence-electron chi connectivity index (χ2n) is 23.3. The van der Waals surface area contributed by atoms with Gasteiger partial charge >= 0.3 is 12.1 Å². The first-order valence-electron chi connectivity index (χ1n) is 27.8. The molecule has 4 aromatic carbocycles. The average molecular weight is 1180 g/mol. The van der Waals surface area contributed by atoms with Crippen molar-refractivity contribution < 1.29 is 49.5 Å². The van der Waals surface area contributed by atoms with Crippen LogP contribution >= 0.6 is 0 Å². The Hall–Kier alpha value is -6.89. The van der Waals surface area contributed by atoms with Crippen LogP contribution < -0.4 is 11.5 Å². The lowest BCUT2D eigenvalue weighted by atomic mass is 9.84. The van der Waals surface area contributed by atoms with E-state index in [0.717, 1.165) is 53.9 Å². The number of alkyl halides is 2. The Balaban J connectivity index is 0.000000239. The number of rotatable bonds is 19. The molecule has 4 heterocycles. The highest BCUT2D eigenvalue weighted by Gasteiger charge is 2.44. The summed E-state index contributed by atoms with van der Waals surface area (Å²) in [5.41, 5.74) is 12.1. The molecule has 8 rings (SSSR count). The minimum absolute atomic E-state index is 0.00977. The quantitative estimate of drug-likeness (QED) is 0.0650. The molecule has 5 N–H and O–H groups in total. The highest BCUT2D eigenvalue weighted by Crippen LogP contribution is 2.42. The Morgan fingerprint density at radius 1 is 0.651 bits per heavy atom. The molecule has 24 heteroatoms. The van der Waals surface area contributed by atoms with Gasteiger partial charge < -0.3 is 36.2 Å². The molecule has 83 heavy (non-hydrogen) atoms. The Kier molecular flexibility index (Phi) is 21.2. The lowest BCUT2D eigenvalue weighted by Gasteiger charge is -2.42. The van der Waals surface area contributed by atoms with Gasteiger partial charge in [0.25, 0.3) is 0 Å². The van der Waals surface area contributed by atoms with Gasteiger partial charge in [-0.2, -0.15) is 10.2 Å². The van der Waals surface area contributed by atoms with Crippen LogP contribution in [-0.2, 0) is 22.9 Å². The molecule has 2 fully saturated rings. The average Bonchev–Trinajstić information content (AvgIpc) is 4.28. The summed E-state index contributed by atoms with van der Waals surface area (Å²) in [4.78, 5) is 43.9. The molecule has 450 valence electrons. The van der Waals surface area contributed by atoms with Crippen LogP contribution in [0.15, 0.2) is 97.1 Å². The summed E-state index contributed by atoms with van der Waals surface area (Å²) in [5.74, 6) is -2.36. The number of carbonyl (C=O) groups is 2. The summed E-state index contributed by atoms with van der Waals surface area (Å²) in [6, 6.07) is 20.8. The number of sulfone groups is 1. The molecule has 0 aliphatic carbocycles. The van der Waals surface area contributed by atoms with Crippen LogP contribution in [0.3, 0.4) is 0 Å². The predicted molar refractivity (Wildman–Crippen MR) is 305 cm³/mol. The summed E-state index contributed by atoms with van der Waals surface area (Å²) in [5, 5.41) is 19.1. The number of hydrogen-bond donors (Lipinski definition) is 3. The van der Waals surface area contributed by atoms with Crippen molar-refractivity contribution in [1.82, 2.24) is 49.1 Å². The maximum Gasteiger partial charge on any atom is 0.320 e. The molecule has 6 aromatic rings. The van der Waals surface area contributed by atoms with Crippen molar-refractivity contribution in [3.8, 4) is 22.8 Å². The van der Waals surface area contributed by atoms with Crippen LogP contribution in [0.2, 0.25) is 0 Å². The van der Waals surface area contributed by atoms with Crippen molar-refractivity contribution in [2.75, 3.05) is 64.2 Å². The van der Waals surface area contributed by atoms with Gasteiger partial charge in [-0.05, 0) is 84.0 Å². The number of carbonyl (C=O) groups excluding carboxylic acids is 2. The zero-order valence-corrected chi connectivity index (χ0v) is 48.6. The highest BCUT2D eigenvalue weighted by atomic mass is 32.2. The fraction of sp³-hybridized carbons (Fsp3) is 0.492. The maximum absolute atomic E-state index is 14.9. The van der Waals surface area contributed by atoms with E-state index in [4.69, 9.17) is 21.4 Å². The molecule has 0 bridgehead atoms. The molecule has 0 radical (unpaired) electrons. The van der Waals surface area contributed by atoms with E-state index >= 15 is 0 Å². The lowest BCUT2D eigenvalue weighted by Crippen LogP contribution is -2.53. The van der Waals surface area contributed by atoms with E-state index in [0.29, 0.717) is 24.6 Å². The molecule has 2 aliphatic rings. The van der Waals surface area contributed by atoms with Crippen LogP contribution in [-0.4, -0.2) is 157 Å². The van der Waals surface area contributed by atoms with E-state index < -0.39 is 87.5 Å². The number of nitrogens with zero attached hydrogens (tertiary/aromatic N) is 10. The maximum atomic E-state index is 14.9. The third-order valence-corrected chi connectivity index (χ3v) is 16.3. The third-order valence-electron chi connectivity index (χ3n) is 14.7. The van der Waals surface area contributed by atoms with E-state index in [1.807, 2.05) is 102 Å². The number of nitrogens with two attached hydrogens (primary N) is 2. The number of likely N-dealkylation sites (tertiary alicyclic amines) is 1. The second kappa shape index (κ2) is 27.7.